The first-order valence-electron chi connectivity index (χ1n) is 8.72. The summed E-state index contributed by atoms with van der Waals surface area (Å²) in [4.78, 5) is 5.79. The van der Waals surface area contributed by atoms with Crippen molar-refractivity contribution >= 4 is 0 Å². The SMILES string of the molecule is CC(C)C1CN2CCCC2CN1C1CC2CCC1C2. The van der Waals surface area contributed by atoms with Crippen LogP contribution in [-0.4, -0.2) is 47.6 Å². The highest BCUT2D eigenvalue weighted by Crippen LogP contribution is 2.48. The molecule has 2 nitrogen and oxygen atoms in total. The second-order valence-electron chi connectivity index (χ2n) is 8.04. The van der Waals surface area contributed by atoms with Gasteiger partial charge in [0, 0.05) is 31.2 Å². The summed E-state index contributed by atoms with van der Waals surface area (Å²) in [6, 6.07) is 2.68. The molecule has 4 fully saturated rings. The molecule has 2 aliphatic heterocycles. The monoisotopic (exact) mass is 262 g/mol. The van der Waals surface area contributed by atoms with E-state index in [0.717, 1.165) is 35.9 Å². The first-order chi connectivity index (χ1) is 9.22. The van der Waals surface area contributed by atoms with Crippen LogP contribution in [-0.2, 0) is 0 Å². The molecule has 0 N–H and O–H groups in total. The van der Waals surface area contributed by atoms with Crippen LogP contribution in [0.2, 0.25) is 0 Å². The highest BCUT2D eigenvalue weighted by Gasteiger charge is 2.47. The van der Waals surface area contributed by atoms with E-state index in [1.54, 1.807) is 6.42 Å². The summed E-state index contributed by atoms with van der Waals surface area (Å²) in [7, 11) is 0. The molecule has 2 aliphatic carbocycles. The van der Waals surface area contributed by atoms with E-state index in [1.165, 1.54) is 51.7 Å². The molecule has 4 rings (SSSR count). The number of nitrogens with zero attached hydrogens (tertiary/aromatic N) is 2. The van der Waals surface area contributed by atoms with Crippen molar-refractivity contribution in [2.45, 2.75) is 70.5 Å². The Kier molecular flexibility index (Phi) is 3.15. The lowest BCUT2D eigenvalue weighted by atomic mass is 9.88. The molecule has 4 aliphatic rings. The van der Waals surface area contributed by atoms with Crippen LogP contribution in [0, 0.1) is 17.8 Å². The average Bonchev–Trinajstić information content (AvgIpc) is 3.12. The fraction of sp³-hybridized carbons (Fsp3) is 1.00. The smallest absolute Gasteiger partial charge is 0.0249 e. The van der Waals surface area contributed by atoms with Crippen molar-refractivity contribution in [2.75, 3.05) is 19.6 Å². The lowest BCUT2D eigenvalue weighted by Gasteiger charge is -2.50. The molecule has 2 bridgehead atoms. The van der Waals surface area contributed by atoms with Gasteiger partial charge in [-0.25, -0.2) is 0 Å². The van der Waals surface area contributed by atoms with Crippen molar-refractivity contribution in [1.82, 2.24) is 9.80 Å². The summed E-state index contributed by atoms with van der Waals surface area (Å²) in [5.41, 5.74) is 0. The van der Waals surface area contributed by atoms with Gasteiger partial charge in [0.25, 0.3) is 0 Å². The van der Waals surface area contributed by atoms with Crippen molar-refractivity contribution in [3.8, 4) is 0 Å². The van der Waals surface area contributed by atoms with Crippen molar-refractivity contribution < 1.29 is 0 Å². The van der Waals surface area contributed by atoms with Gasteiger partial charge < -0.3 is 0 Å². The van der Waals surface area contributed by atoms with Gasteiger partial charge in [-0.05, 0) is 56.4 Å². The molecule has 0 radical (unpaired) electrons. The van der Waals surface area contributed by atoms with Crippen LogP contribution < -0.4 is 0 Å². The fourth-order valence-corrected chi connectivity index (χ4v) is 5.66. The number of fused-ring (bicyclic) bond motifs is 3. The lowest BCUT2D eigenvalue weighted by Crippen LogP contribution is -2.61. The molecule has 0 spiro atoms. The normalized spacial score (nSPS) is 47.2. The third kappa shape index (κ3) is 2.06. The predicted octanol–water partition coefficient (Wildman–Crippen LogP) is 2.98. The van der Waals surface area contributed by atoms with Crippen LogP contribution in [0.5, 0.6) is 0 Å². The summed E-state index contributed by atoms with van der Waals surface area (Å²) >= 11 is 0. The van der Waals surface area contributed by atoms with E-state index < -0.39 is 0 Å². The Morgan fingerprint density at radius 2 is 1.89 bits per heavy atom. The van der Waals surface area contributed by atoms with E-state index in [1.807, 2.05) is 0 Å². The molecule has 5 unspecified atom stereocenters. The zero-order chi connectivity index (χ0) is 13.0. The molecule has 2 saturated carbocycles. The van der Waals surface area contributed by atoms with Gasteiger partial charge in [-0.3, -0.25) is 9.80 Å². The van der Waals surface area contributed by atoms with E-state index in [-0.39, 0.29) is 0 Å². The van der Waals surface area contributed by atoms with Crippen LogP contribution in [0.15, 0.2) is 0 Å². The summed E-state index contributed by atoms with van der Waals surface area (Å²) < 4.78 is 0. The number of rotatable bonds is 2. The zero-order valence-corrected chi connectivity index (χ0v) is 12.7. The highest BCUT2D eigenvalue weighted by molar-refractivity contribution is 5.02. The topological polar surface area (TPSA) is 6.48 Å². The zero-order valence-electron chi connectivity index (χ0n) is 12.7. The maximum atomic E-state index is 2.99. The summed E-state index contributed by atoms with van der Waals surface area (Å²) in [6.45, 7) is 9.01. The first-order valence-corrected chi connectivity index (χ1v) is 8.72. The Bertz CT molecular complexity index is 340. The summed E-state index contributed by atoms with van der Waals surface area (Å²) in [5.74, 6) is 2.96. The molecule has 108 valence electrons. The maximum absolute atomic E-state index is 2.99. The maximum Gasteiger partial charge on any atom is 0.0249 e. The largest absolute Gasteiger partial charge is 0.298 e. The summed E-state index contributed by atoms with van der Waals surface area (Å²) in [6.07, 6.45) is 9.06. The molecular weight excluding hydrogens is 232 g/mol. The van der Waals surface area contributed by atoms with Crippen LogP contribution >= 0.6 is 0 Å². The van der Waals surface area contributed by atoms with Gasteiger partial charge >= 0.3 is 0 Å². The Labute approximate surface area is 118 Å². The molecule has 2 heteroatoms. The molecule has 0 aromatic rings. The minimum absolute atomic E-state index is 0.820. The number of hydrogen-bond acceptors (Lipinski definition) is 2. The minimum Gasteiger partial charge on any atom is -0.298 e. The van der Waals surface area contributed by atoms with Crippen LogP contribution in [0.3, 0.4) is 0 Å². The van der Waals surface area contributed by atoms with E-state index >= 15 is 0 Å². The summed E-state index contributed by atoms with van der Waals surface area (Å²) in [5, 5.41) is 0. The van der Waals surface area contributed by atoms with Crippen molar-refractivity contribution in [2.24, 2.45) is 17.8 Å². The molecule has 0 aromatic heterocycles. The third-order valence-electron chi connectivity index (χ3n) is 6.66. The standard InChI is InChI=1S/C17H30N2/c1-12(2)17-11-18-7-3-4-15(18)10-19(17)16-9-13-5-6-14(16)8-13/h12-17H,3-11H2,1-2H3. The predicted molar refractivity (Wildman–Crippen MR) is 79.2 cm³/mol. The Balaban J connectivity index is 1.54. The number of hydrogen-bond donors (Lipinski definition) is 0. The Morgan fingerprint density at radius 3 is 2.58 bits per heavy atom. The second kappa shape index (κ2) is 4.73. The Hall–Kier alpha value is -0.0800. The van der Waals surface area contributed by atoms with Gasteiger partial charge in [0.15, 0.2) is 0 Å². The van der Waals surface area contributed by atoms with E-state index in [2.05, 4.69) is 23.6 Å². The molecule has 19 heavy (non-hydrogen) atoms. The van der Waals surface area contributed by atoms with Crippen molar-refractivity contribution in [3.05, 3.63) is 0 Å². The van der Waals surface area contributed by atoms with Gasteiger partial charge in [-0.1, -0.05) is 20.3 Å². The molecule has 2 heterocycles. The molecule has 0 amide bonds. The molecule has 0 aromatic carbocycles. The first kappa shape index (κ1) is 12.6. The Morgan fingerprint density at radius 1 is 1.00 bits per heavy atom. The van der Waals surface area contributed by atoms with Gasteiger partial charge in [0.05, 0.1) is 0 Å². The second-order valence-corrected chi connectivity index (χ2v) is 8.04. The van der Waals surface area contributed by atoms with Crippen molar-refractivity contribution in [3.63, 3.8) is 0 Å². The quantitative estimate of drug-likeness (QED) is 0.755. The molecule has 5 atom stereocenters. The molecule has 2 saturated heterocycles. The minimum atomic E-state index is 0.820. The molecular formula is C17H30N2. The van der Waals surface area contributed by atoms with Gasteiger partial charge in [-0.15, -0.1) is 0 Å². The van der Waals surface area contributed by atoms with Crippen molar-refractivity contribution in [1.29, 1.82) is 0 Å². The van der Waals surface area contributed by atoms with Crippen LogP contribution in [0.25, 0.3) is 0 Å². The van der Waals surface area contributed by atoms with Crippen LogP contribution in [0.1, 0.15) is 52.4 Å². The fourth-order valence-electron chi connectivity index (χ4n) is 5.66. The average molecular weight is 262 g/mol. The van der Waals surface area contributed by atoms with Gasteiger partial charge in [0.1, 0.15) is 0 Å². The van der Waals surface area contributed by atoms with Gasteiger partial charge in [-0.2, -0.15) is 0 Å². The lowest BCUT2D eigenvalue weighted by molar-refractivity contribution is -0.0153. The van der Waals surface area contributed by atoms with E-state index in [0.29, 0.717) is 0 Å². The van der Waals surface area contributed by atoms with Gasteiger partial charge in [0.2, 0.25) is 0 Å². The highest BCUT2D eigenvalue weighted by atomic mass is 15.3. The third-order valence-corrected chi connectivity index (χ3v) is 6.66. The van der Waals surface area contributed by atoms with Crippen LogP contribution in [0.4, 0.5) is 0 Å². The van der Waals surface area contributed by atoms with E-state index in [9.17, 15) is 0 Å². The number of piperazine rings is 1. The van der Waals surface area contributed by atoms with E-state index in [4.69, 9.17) is 0 Å².